The van der Waals surface area contributed by atoms with E-state index in [-0.39, 0.29) is 11.5 Å². The van der Waals surface area contributed by atoms with E-state index in [0.717, 1.165) is 0 Å². The molecule has 0 saturated carbocycles. The fraction of sp³-hybridized carbons (Fsp3) is 0. The van der Waals surface area contributed by atoms with Crippen LogP contribution in [0.4, 0.5) is 0 Å². The summed E-state index contributed by atoms with van der Waals surface area (Å²) in [6, 6.07) is 7.08. The topological polar surface area (TPSA) is 58.9 Å². The number of hydrogen-bond acceptors (Lipinski definition) is 3. The lowest BCUT2D eigenvalue weighted by molar-refractivity contribution is -0.116. The standard InChI is InChI=1S/C14H8N2O2/c17-12-8-4-1-5-9(12)13-14(18)16-11-7-3-2-6-10(11)15-13/h1-8H. The number of rotatable bonds is 0. The van der Waals surface area contributed by atoms with Gasteiger partial charge in [0.05, 0.1) is 16.3 Å². The molecule has 1 aromatic rings. The Labute approximate surface area is 102 Å². The van der Waals surface area contributed by atoms with Crippen molar-refractivity contribution in [2.75, 3.05) is 0 Å². The lowest BCUT2D eigenvalue weighted by Gasteiger charge is -2.07. The van der Waals surface area contributed by atoms with Crippen molar-refractivity contribution in [3.8, 4) is 0 Å². The number of nitrogens with zero attached hydrogens (tertiary/aromatic N) is 2. The summed E-state index contributed by atoms with van der Waals surface area (Å²) >= 11 is 0. The maximum Gasteiger partial charge on any atom is 0.296 e. The Morgan fingerprint density at radius 1 is 0.833 bits per heavy atom. The maximum absolute atomic E-state index is 11.9. The number of para-hydroxylation sites is 2. The summed E-state index contributed by atoms with van der Waals surface area (Å²) < 4.78 is 0. The SMILES string of the molecule is O=C1C=CC=CC1=C1N=c2ccccc2=NC1=O. The number of benzene rings is 1. The first-order valence-corrected chi connectivity index (χ1v) is 5.46. The summed E-state index contributed by atoms with van der Waals surface area (Å²) in [6.07, 6.45) is 6.33. The van der Waals surface area contributed by atoms with Gasteiger partial charge in [-0.25, -0.2) is 9.98 Å². The summed E-state index contributed by atoms with van der Waals surface area (Å²) in [4.78, 5) is 31.7. The lowest BCUT2D eigenvalue weighted by Crippen LogP contribution is -2.31. The highest BCUT2D eigenvalue weighted by Gasteiger charge is 2.20. The zero-order valence-corrected chi connectivity index (χ0v) is 9.33. The van der Waals surface area contributed by atoms with Crippen molar-refractivity contribution in [1.82, 2.24) is 0 Å². The highest BCUT2D eigenvalue weighted by atomic mass is 16.2. The van der Waals surface area contributed by atoms with E-state index in [1.54, 1.807) is 36.4 Å². The third-order valence-corrected chi connectivity index (χ3v) is 2.68. The summed E-state index contributed by atoms with van der Waals surface area (Å²) in [7, 11) is 0. The van der Waals surface area contributed by atoms with E-state index in [0.29, 0.717) is 16.3 Å². The Hall–Kier alpha value is -2.62. The summed E-state index contributed by atoms with van der Waals surface area (Å²) in [6.45, 7) is 0. The Morgan fingerprint density at radius 3 is 2.22 bits per heavy atom. The van der Waals surface area contributed by atoms with Crippen LogP contribution < -0.4 is 10.7 Å². The second-order valence-corrected chi connectivity index (χ2v) is 3.86. The molecule has 0 radical (unpaired) electrons. The molecule has 0 saturated heterocycles. The van der Waals surface area contributed by atoms with Crippen molar-refractivity contribution in [1.29, 1.82) is 0 Å². The predicted molar refractivity (Wildman–Crippen MR) is 64.1 cm³/mol. The number of amides is 1. The molecule has 4 heteroatoms. The molecule has 2 aliphatic rings. The van der Waals surface area contributed by atoms with E-state index in [4.69, 9.17) is 0 Å². The molecule has 4 nitrogen and oxygen atoms in total. The van der Waals surface area contributed by atoms with Gasteiger partial charge in [0.2, 0.25) is 0 Å². The van der Waals surface area contributed by atoms with E-state index in [1.807, 2.05) is 6.07 Å². The van der Waals surface area contributed by atoms with Crippen LogP contribution in [0.15, 0.2) is 69.8 Å². The van der Waals surface area contributed by atoms with Gasteiger partial charge in [-0.3, -0.25) is 9.59 Å². The quantitative estimate of drug-likeness (QED) is 0.613. The average molecular weight is 236 g/mol. The Morgan fingerprint density at radius 2 is 1.50 bits per heavy atom. The van der Waals surface area contributed by atoms with E-state index in [1.165, 1.54) is 6.08 Å². The van der Waals surface area contributed by atoms with E-state index in [9.17, 15) is 9.59 Å². The molecule has 0 unspecified atom stereocenters. The molecule has 1 amide bonds. The van der Waals surface area contributed by atoms with Crippen molar-refractivity contribution < 1.29 is 9.59 Å². The minimum atomic E-state index is -0.475. The second-order valence-electron chi connectivity index (χ2n) is 3.86. The molecule has 1 aliphatic heterocycles. The van der Waals surface area contributed by atoms with Gasteiger partial charge in [0, 0.05) is 0 Å². The number of hydrogen-bond donors (Lipinski definition) is 0. The van der Waals surface area contributed by atoms with Gasteiger partial charge in [0.1, 0.15) is 5.70 Å². The van der Waals surface area contributed by atoms with E-state index in [2.05, 4.69) is 9.98 Å². The Balaban J connectivity index is 2.28. The third-order valence-electron chi connectivity index (χ3n) is 2.68. The van der Waals surface area contributed by atoms with Crippen molar-refractivity contribution in [3.05, 3.63) is 70.6 Å². The molecule has 0 aromatic heterocycles. The predicted octanol–water partition coefficient (Wildman–Crippen LogP) is 0.415. The smallest absolute Gasteiger partial charge is 0.289 e. The van der Waals surface area contributed by atoms with Gasteiger partial charge in [-0.1, -0.05) is 24.3 Å². The molecule has 0 spiro atoms. The van der Waals surface area contributed by atoms with E-state index >= 15 is 0 Å². The van der Waals surface area contributed by atoms with Crippen LogP contribution in [0, 0.1) is 0 Å². The molecular weight excluding hydrogens is 228 g/mol. The van der Waals surface area contributed by atoms with Gasteiger partial charge < -0.3 is 0 Å². The van der Waals surface area contributed by atoms with Gasteiger partial charge in [-0.2, -0.15) is 0 Å². The fourth-order valence-corrected chi connectivity index (χ4v) is 1.82. The van der Waals surface area contributed by atoms with Crippen LogP contribution >= 0.6 is 0 Å². The van der Waals surface area contributed by atoms with Gasteiger partial charge in [0.25, 0.3) is 5.91 Å². The molecule has 0 fully saturated rings. The lowest BCUT2D eigenvalue weighted by atomic mass is 10.0. The zero-order chi connectivity index (χ0) is 12.5. The Kier molecular flexibility index (Phi) is 2.34. The van der Waals surface area contributed by atoms with E-state index < -0.39 is 5.91 Å². The largest absolute Gasteiger partial charge is 0.296 e. The van der Waals surface area contributed by atoms with Crippen LogP contribution in [0.25, 0.3) is 0 Å². The summed E-state index contributed by atoms with van der Waals surface area (Å²) in [5.41, 5.74) is 0.403. The van der Waals surface area contributed by atoms with Gasteiger partial charge in [0.15, 0.2) is 5.78 Å². The first kappa shape index (κ1) is 10.5. The van der Waals surface area contributed by atoms with Gasteiger partial charge in [-0.15, -0.1) is 0 Å². The van der Waals surface area contributed by atoms with Crippen molar-refractivity contribution in [3.63, 3.8) is 0 Å². The molecular formula is C14H8N2O2. The average Bonchev–Trinajstić information content (AvgIpc) is 2.39. The van der Waals surface area contributed by atoms with Crippen LogP contribution in [0.5, 0.6) is 0 Å². The van der Waals surface area contributed by atoms with Crippen LogP contribution in [0.1, 0.15) is 0 Å². The summed E-state index contributed by atoms with van der Waals surface area (Å²) in [5, 5.41) is 1.14. The number of ketones is 1. The van der Waals surface area contributed by atoms with Crippen molar-refractivity contribution >= 4 is 11.7 Å². The second kappa shape index (κ2) is 4.00. The third kappa shape index (κ3) is 1.64. The number of carbonyl (C=O) groups excluding carboxylic acids is 2. The molecule has 1 aliphatic carbocycles. The van der Waals surface area contributed by atoms with Crippen molar-refractivity contribution in [2.45, 2.75) is 0 Å². The number of allylic oxidation sites excluding steroid dienone is 5. The molecule has 1 heterocycles. The monoisotopic (exact) mass is 236 g/mol. The molecule has 0 bridgehead atoms. The molecule has 3 rings (SSSR count). The highest BCUT2D eigenvalue weighted by Crippen LogP contribution is 2.15. The number of fused-ring (bicyclic) bond motifs is 1. The van der Waals surface area contributed by atoms with Crippen LogP contribution in [-0.4, -0.2) is 11.7 Å². The summed E-state index contributed by atoms with van der Waals surface area (Å²) in [5.74, 6) is -0.698. The normalized spacial score (nSPS) is 21.3. The molecule has 86 valence electrons. The molecule has 0 N–H and O–H groups in total. The zero-order valence-electron chi connectivity index (χ0n) is 9.33. The van der Waals surface area contributed by atoms with Crippen molar-refractivity contribution in [2.24, 2.45) is 9.98 Å². The first-order chi connectivity index (χ1) is 8.75. The van der Waals surface area contributed by atoms with Gasteiger partial charge >= 0.3 is 0 Å². The molecule has 18 heavy (non-hydrogen) atoms. The van der Waals surface area contributed by atoms with Crippen LogP contribution in [-0.2, 0) is 9.59 Å². The van der Waals surface area contributed by atoms with Crippen LogP contribution in [0.3, 0.4) is 0 Å². The minimum absolute atomic E-state index is 0.110. The van der Waals surface area contributed by atoms with Gasteiger partial charge in [-0.05, 0) is 24.3 Å². The minimum Gasteiger partial charge on any atom is -0.289 e. The fourth-order valence-electron chi connectivity index (χ4n) is 1.82. The first-order valence-electron chi connectivity index (χ1n) is 5.46. The van der Waals surface area contributed by atoms with Crippen LogP contribution in [0.2, 0.25) is 0 Å². The maximum atomic E-state index is 11.9. The Bertz CT molecular complexity index is 767. The highest BCUT2D eigenvalue weighted by molar-refractivity contribution is 6.13. The number of carbonyl (C=O) groups is 2. The molecule has 0 atom stereocenters. The molecule has 1 aromatic carbocycles.